The van der Waals surface area contributed by atoms with Crippen LogP contribution in [0.25, 0.3) is 0 Å². The van der Waals surface area contributed by atoms with E-state index in [1.807, 2.05) is 18.2 Å². The van der Waals surface area contributed by atoms with Gasteiger partial charge < -0.3 is 19.5 Å². The molecule has 1 aliphatic rings. The Kier molecular flexibility index (Phi) is 18.4. The quantitative estimate of drug-likeness (QED) is 0.0720. The number of amides is 1. The Hall–Kier alpha value is -3.15. The summed E-state index contributed by atoms with van der Waals surface area (Å²) in [5.41, 5.74) is 2.46. The first-order valence-electron chi connectivity index (χ1n) is 19.6. The van der Waals surface area contributed by atoms with Gasteiger partial charge in [0.05, 0.1) is 18.8 Å². The summed E-state index contributed by atoms with van der Waals surface area (Å²) in [4.78, 5) is 12.4. The van der Waals surface area contributed by atoms with Crippen LogP contribution in [0.2, 0.25) is 0 Å². The molecule has 0 bridgehead atoms. The van der Waals surface area contributed by atoms with E-state index in [-0.39, 0.29) is 24.9 Å². The van der Waals surface area contributed by atoms with Crippen LogP contribution in [0.3, 0.4) is 0 Å². The van der Waals surface area contributed by atoms with Crippen LogP contribution in [0, 0.1) is 0 Å². The standard InChI is InChI=1S/C44H63NO4/c1-2-3-4-5-6-7-8-9-10-11-12-13-14-15-16-26-35-45-43(46)47-36-41-33-34-42(49-41)37-48-44(38-27-20-17-21-28-38,39-29-22-18-23-30-39)40-31-24-19-25-32-40/h17-25,27-32,41-42H,2-16,26,33-37H2,1H3,(H,45,46)/t41-,42-/m1/s1. The van der Waals surface area contributed by atoms with E-state index in [9.17, 15) is 4.79 Å². The fourth-order valence-corrected chi connectivity index (χ4v) is 7.10. The fraction of sp³-hybridized carbons (Fsp3) is 0.568. The number of hydrogen-bond acceptors (Lipinski definition) is 4. The van der Waals surface area contributed by atoms with Gasteiger partial charge in [0.1, 0.15) is 12.2 Å². The van der Waals surface area contributed by atoms with Crippen LogP contribution in [-0.2, 0) is 19.8 Å². The third kappa shape index (κ3) is 13.6. The van der Waals surface area contributed by atoms with Crippen LogP contribution < -0.4 is 5.32 Å². The molecular weight excluding hydrogens is 606 g/mol. The van der Waals surface area contributed by atoms with E-state index in [0.29, 0.717) is 13.2 Å². The van der Waals surface area contributed by atoms with Gasteiger partial charge in [0.15, 0.2) is 0 Å². The summed E-state index contributed by atoms with van der Waals surface area (Å²) in [6, 6.07) is 31.2. The zero-order chi connectivity index (χ0) is 34.2. The molecule has 1 amide bonds. The van der Waals surface area contributed by atoms with E-state index >= 15 is 0 Å². The lowest BCUT2D eigenvalue weighted by Gasteiger charge is -2.36. The maximum absolute atomic E-state index is 12.4. The van der Waals surface area contributed by atoms with E-state index in [2.05, 4.69) is 85.0 Å². The minimum absolute atomic E-state index is 0.0720. The first-order chi connectivity index (χ1) is 24.2. The molecule has 0 aromatic heterocycles. The molecule has 268 valence electrons. The van der Waals surface area contributed by atoms with Gasteiger partial charge >= 0.3 is 6.09 Å². The van der Waals surface area contributed by atoms with E-state index in [1.165, 1.54) is 89.9 Å². The minimum atomic E-state index is -0.770. The summed E-state index contributed by atoms with van der Waals surface area (Å²) in [5.74, 6) is 0. The van der Waals surface area contributed by atoms with Crippen LogP contribution >= 0.6 is 0 Å². The van der Waals surface area contributed by atoms with Gasteiger partial charge in [-0.15, -0.1) is 0 Å². The molecule has 1 heterocycles. The molecule has 0 spiro atoms. The first kappa shape index (κ1) is 38.6. The Labute approximate surface area is 297 Å². The summed E-state index contributed by atoms with van der Waals surface area (Å²) >= 11 is 0. The van der Waals surface area contributed by atoms with Crippen molar-refractivity contribution < 1.29 is 19.0 Å². The van der Waals surface area contributed by atoms with Gasteiger partial charge in [-0.2, -0.15) is 0 Å². The molecule has 5 nitrogen and oxygen atoms in total. The van der Waals surface area contributed by atoms with Crippen LogP contribution in [0.4, 0.5) is 4.79 Å². The van der Waals surface area contributed by atoms with Crippen LogP contribution in [0.15, 0.2) is 91.0 Å². The smallest absolute Gasteiger partial charge is 0.407 e. The van der Waals surface area contributed by atoms with E-state index in [1.54, 1.807) is 0 Å². The monoisotopic (exact) mass is 669 g/mol. The number of unbranched alkanes of at least 4 members (excludes halogenated alkanes) is 15. The van der Waals surface area contributed by atoms with Crippen molar-refractivity contribution in [3.63, 3.8) is 0 Å². The van der Waals surface area contributed by atoms with Crippen LogP contribution in [-0.4, -0.2) is 38.1 Å². The molecule has 4 rings (SSSR count). The molecule has 3 aromatic carbocycles. The predicted octanol–water partition coefficient (Wildman–Crippen LogP) is 11.5. The lowest BCUT2D eigenvalue weighted by molar-refractivity contribution is -0.0701. The fourth-order valence-electron chi connectivity index (χ4n) is 7.10. The van der Waals surface area contributed by atoms with E-state index < -0.39 is 5.60 Å². The molecule has 0 aliphatic carbocycles. The van der Waals surface area contributed by atoms with Gasteiger partial charge in [-0.05, 0) is 36.0 Å². The zero-order valence-electron chi connectivity index (χ0n) is 30.3. The number of carbonyl (C=O) groups is 1. The highest BCUT2D eigenvalue weighted by atomic mass is 16.6. The highest BCUT2D eigenvalue weighted by molar-refractivity contribution is 5.67. The largest absolute Gasteiger partial charge is 0.447 e. The molecule has 1 aliphatic heterocycles. The maximum Gasteiger partial charge on any atom is 0.407 e. The van der Waals surface area contributed by atoms with Gasteiger partial charge in [-0.3, -0.25) is 0 Å². The Bertz CT molecular complexity index is 1160. The third-order valence-corrected chi connectivity index (χ3v) is 9.92. The molecule has 1 fully saturated rings. The Morgan fingerprint density at radius 3 is 1.41 bits per heavy atom. The van der Waals surface area contributed by atoms with E-state index in [0.717, 1.165) is 42.4 Å². The van der Waals surface area contributed by atoms with Crippen molar-refractivity contribution in [2.75, 3.05) is 19.8 Å². The summed E-state index contributed by atoms with van der Waals surface area (Å²) < 4.78 is 18.8. The molecular formula is C44H63NO4. The molecule has 1 N–H and O–H groups in total. The predicted molar refractivity (Wildman–Crippen MR) is 202 cm³/mol. The average Bonchev–Trinajstić information content (AvgIpc) is 3.61. The Balaban J connectivity index is 1.07. The van der Waals surface area contributed by atoms with Gasteiger partial charge in [-0.1, -0.05) is 194 Å². The number of carbonyl (C=O) groups excluding carboxylic acids is 1. The maximum atomic E-state index is 12.4. The van der Waals surface area contributed by atoms with Crippen molar-refractivity contribution in [1.82, 2.24) is 5.32 Å². The van der Waals surface area contributed by atoms with Gasteiger partial charge in [0, 0.05) is 6.54 Å². The first-order valence-corrected chi connectivity index (χ1v) is 19.6. The number of hydrogen-bond donors (Lipinski definition) is 1. The summed E-state index contributed by atoms with van der Waals surface area (Å²) in [5, 5.41) is 2.93. The topological polar surface area (TPSA) is 56.8 Å². The number of nitrogens with one attached hydrogen (secondary N) is 1. The molecule has 49 heavy (non-hydrogen) atoms. The number of alkyl carbamates (subject to hydrolysis) is 1. The minimum Gasteiger partial charge on any atom is -0.447 e. The Morgan fingerprint density at radius 1 is 0.592 bits per heavy atom. The molecule has 0 saturated carbocycles. The third-order valence-electron chi connectivity index (χ3n) is 9.92. The van der Waals surface area contributed by atoms with Crippen molar-refractivity contribution >= 4 is 6.09 Å². The van der Waals surface area contributed by atoms with Crippen molar-refractivity contribution in [2.45, 2.75) is 140 Å². The second kappa shape index (κ2) is 23.3. The molecule has 5 heteroatoms. The van der Waals surface area contributed by atoms with Gasteiger partial charge in [0.2, 0.25) is 0 Å². The van der Waals surface area contributed by atoms with Crippen molar-refractivity contribution in [3.05, 3.63) is 108 Å². The van der Waals surface area contributed by atoms with Crippen LogP contribution in [0.5, 0.6) is 0 Å². The summed E-state index contributed by atoms with van der Waals surface area (Å²) in [7, 11) is 0. The molecule has 0 unspecified atom stereocenters. The second-order valence-electron chi connectivity index (χ2n) is 13.9. The molecule has 3 aromatic rings. The number of benzene rings is 3. The lowest BCUT2D eigenvalue weighted by Crippen LogP contribution is -2.36. The van der Waals surface area contributed by atoms with Crippen molar-refractivity contribution in [1.29, 1.82) is 0 Å². The summed E-state index contributed by atoms with van der Waals surface area (Å²) in [6.45, 7) is 3.65. The average molecular weight is 670 g/mol. The SMILES string of the molecule is CCCCCCCCCCCCCCCCCCNC(=O)OC[C@H]1CC[C@H](COC(c2ccccc2)(c2ccccc2)c2ccccc2)O1. The van der Waals surface area contributed by atoms with Gasteiger partial charge in [0.25, 0.3) is 0 Å². The summed E-state index contributed by atoms with van der Waals surface area (Å²) in [6.07, 6.45) is 22.7. The van der Waals surface area contributed by atoms with E-state index in [4.69, 9.17) is 14.2 Å². The second-order valence-corrected chi connectivity index (χ2v) is 13.9. The van der Waals surface area contributed by atoms with Gasteiger partial charge in [-0.25, -0.2) is 4.79 Å². The number of ether oxygens (including phenoxy) is 3. The molecule has 1 saturated heterocycles. The lowest BCUT2D eigenvalue weighted by atomic mass is 9.80. The van der Waals surface area contributed by atoms with Crippen LogP contribution in [0.1, 0.15) is 139 Å². The van der Waals surface area contributed by atoms with Crippen molar-refractivity contribution in [2.24, 2.45) is 0 Å². The Morgan fingerprint density at radius 2 is 0.980 bits per heavy atom. The number of rotatable bonds is 25. The normalized spacial score (nSPS) is 16.1. The molecule has 2 atom stereocenters. The highest BCUT2D eigenvalue weighted by Crippen LogP contribution is 2.41. The van der Waals surface area contributed by atoms with Crippen molar-refractivity contribution in [3.8, 4) is 0 Å². The molecule has 0 radical (unpaired) electrons. The zero-order valence-corrected chi connectivity index (χ0v) is 30.3. The highest BCUT2D eigenvalue weighted by Gasteiger charge is 2.39.